The quantitative estimate of drug-likeness (QED) is 0.228. The minimum atomic E-state index is 1.17. The molecule has 2 heteroatoms. The van der Waals surface area contributed by atoms with Crippen LogP contribution in [0.15, 0.2) is 152 Å². The van der Waals surface area contributed by atoms with Gasteiger partial charge in [-0.25, -0.2) is 0 Å². The molecular formula is C37H28N2. The maximum Gasteiger partial charge on any atom is 0.0619 e. The number of rotatable bonds is 5. The Morgan fingerprint density at radius 2 is 0.974 bits per heavy atom. The van der Waals surface area contributed by atoms with E-state index >= 15 is 0 Å². The van der Waals surface area contributed by atoms with Gasteiger partial charge in [-0.15, -0.1) is 0 Å². The Morgan fingerprint density at radius 1 is 0.436 bits per heavy atom. The van der Waals surface area contributed by atoms with E-state index in [1.54, 1.807) is 0 Å². The van der Waals surface area contributed by atoms with Crippen molar-refractivity contribution in [3.8, 4) is 27.9 Å². The minimum absolute atomic E-state index is 1.17. The van der Waals surface area contributed by atoms with Crippen LogP contribution in [0.3, 0.4) is 0 Å². The van der Waals surface area contributed by atoms with Gasteiger partial charge in [0.25, 0.3) is 0 Å². The first-order chi connectivity index (χ1) is 19.3. The van der Waals surface area contributed by atoms with Crippen LogP contribution in [0, 0.1) is 0 Å². The van der Waals surface area contributed by atoms with Crippen LogP contribution in [-0.2, 0) is 0 Å². The van der Waals surface area contributed by atoms with Crippen LogP contribution in [0.2, 0.25) is 0 Å². The molecule has 0 spiro atoms. The van der Waals surface area contributed by atoms with Crippen LogP contribution in [-0.4, -0.2) is 11.6 Å². The molecule has 1 heterocycles. The molecule has 0 saturated heterocycles. The summed E-state index contributed by atoms with van der Waals surface area (Å²) >= 11 is 0. The molecule has 0 atom stereocenters. The third-order valence-electron chi connectivity index (χ3n) is 7.64. The number of hydrogen-bond donors (Lipinski definition) is 0. The van der Waals surface area contributed by atoms with Gasteiger partial charge in [-0.1, -0.05) is 109 Å². The summed E-state index contributed by atoms with van der Waals surface area (Å²) in [4.78, 5) is 2.21. The van der Waals surface area contributed by atoms with Crippen molar-refractivity contribution in [3.63, 3.8) is 0 Å². The Balaban J connectivity index is 1.28. The van der Waals surface area contributed by atoms with Crippen LogP contribution < -0.4 is 4.90 Å². The van der Waals surface area contributed by atoms with E-state index in [4.69, 9.17) is 0 Å². The van der Waals surface area contributed by atoms with E-state index in [9.17, 15) is 0 Å². The van der Waals surface area contributed by atoms with Crippen molar-refractivity contribution in [1.82, 2.24) is 4.57 Å². The first kappa shape index (κ1) is 23.1. The fraction of sp³-hybridized carbons (Fsp3) is 0.0270. The average Bonchev–Trinajstić information content (AvgIpc) is 3.36. The molecule has 0 saturated carbocycles. The highest BCUT2D eigenvalue weighted by molar-refractivity contribution is 6.13. The van der Waals surface area contributed by atoms with Crippen molar-refractivity contribution in [2.75, 3.05) is 11.9 Å². The van der Waals surface area contributed by atoms with Crippen molar-refractivity contribution >= 4 is 33.2 Å². The predicted octanol–water partition coefficient (Wildman–Crippen LogP) is 9.89. The zero-order valence-electron chi connectivity index (χ0n) is 21.8. The molecule has 0 bridgehead atoms. The molecule has 39 heavy (non-hydrogen) atoms. The Bertz CT molecular complexity index is 1880. The highest BCUT2D eigenvalue weighted by Gasteiger charge is 2.16. The van der Waals surface area contributed by atoms with Gasteiger partial charge < -0.3 is 9.47 Å². The van der Waals surface area contributed by atoms with Crippen molar-refractivity contribution in [1.29, 1.82) is 0 Å². The van der Waals surface area contributed by atoms with E-state index in [1.165, 1.54) is 61.1 Å². The number of aromatic nitrogens is 1. The molecule has 0 radical (unpaired) electrons. The largest absolute Gasteiger partial charge is 0.345 e. The maximum absolute atomic E-state index is 2.40. The average molecular weight is 501 g/mol. The summed E-state index contributed by atoms with van der Waals surface area (Å²) in [5.74, 6) is 0. The lowest BCUT2D eigenvalue weighted by Gasteiger charge is -2.19. The monoisotopic (exact) mass is 500 g/mol. The van der Waals surface area contributed by atoms with Gasteiger partial charge in [0, 0.05) is 40.4 Å². The normalized spacial score (nSPS) is 11.2. The van der Waals surface area contributed by atoms with E-state index in [0.29, 0.717) is 0 Å². The SMILES string of the molecule is CN(c1ccccc1)c1ccc(-c2ccc(-c3cccc4c5ccccc5n(-c5ccccc5)c34)cc2)cc1. The Labute approximate surface area is 229 Å². The first-order valence-corrected chi connectivity index (χ1v) is 13.4. The van der Waals surface area contributed by atoms with Crippen molar-refractivity contribution in [2.24, 2.45) is 0 Å². The van der Waals surface area contributed by atoms with Gasteiger partial charge >= 0.3 is 0 Å². The van der Waals surface area contributed by atoms with E-state index in [0.717, 1.165) is 0 Å². The molecule has 6 aromatic carbocycles. The number of para-hydroxylation sites is 4. The second-order valence-electron chi connectivity index (χ2n) is 9.91. The van der Waals surface area contributed by atoms with Gasteiger partial charge in [0.2, 0.25) is 0 Å². The third-order valence-corrected chi connectivity index (χ3v) is 7.64. The molecular weight excluding hydrogens is 472 g/mol. The second-order valence-corrected chi connectivity index (χ2v) is 9.91. The fourth-order valence-electron chi connectivity index (χ4n) is 5.62. The minimum Gasteiger partial charge on any atom is -0.345 e. The second kappa shape index (κ2) is 9.66. The highest BCUT2D eigenvalue weighted by atomic mass is 15.1. The van der Waals surface area contributed by atoms with Gasteiger partial charge in [0.05, 0.1) is 11.0 Å². The molecule has 7 aromatic rings. The Hall–Kier alpha value is -5.08. The summed E-state index contributed by atoms with van der Waals surface area (Å²) in [5, 5.41) is 2.55. The smallest absolute Gasteiger partial charge is 0.0619 e. The van der Waals surface area contributed by atoms with Gasteiger partial charge in [0.15, 0.2) is 0 Å². The Kier molecular flexibility index (Phi) is 5.71. The third kappa shape index (κ3) is 4.07. The molecule has 0 fully saturated rings. The van der Waals surface area contributed by atoms with E-state index in [1.807, 2.05) is 6.07 Å². The van der Waals surface area contributed by atoms with Crippen LogP contribution >= 0.6 is 0 Å². The Morgan fingerprint density at radius 3 is 1.69 bits per heavy atom. The summed E-state index contributed by atoms with van der Waals surface area (Å²) in [6.07, 6.45) is 0. The highest BCUT2D eigenvalue weighted by Crippen LogP contribution is 2.38. The number of anilines is 2. The zero-order chi connectivity index (χ0) is 26.2. The van der Waals surface area contributed by atoms with E-state index in [2.05, 4.69) is 162 Å². The molecule has 2 nitrogen and oxygen atoms in total. The predicted molar refractivity (Wildman–Crippen MR) is 166 cm³/mol. The topological polar surface area (TPSA) is 8.17 Å². The van der Waals surface area contributed by atoms with Crippen LogP contribution in [0.1, 0.15) is 0 Å². The zero-order valence-corrected chi connectivity index (χ0v) is 21.8. The van der Waals surface area contributed by atoms with Gasteiger partial charge in [-0.2, -0.15) is 0 Å². The van der Waals surface area contributed by atoms with Crippen LogP contribution in [0.25, 0.3) is 49.7 Å². The van der Waals surface area contributed by atoms with Crippen LogP contribution in [0.5, 0.6) is 0 Å². The summed E-state index contributed by atoms with van der Waals surface area (Å²) in [5.41, 5.74) is 10.9. The maximum atomic E-state index is 2.40. The standard InChI is InChI=1S/C37H28N2/c1-38(30-11-4-2-5-12-30)31-25-23-28(24-26-31)27-19-21-29(22-20-27)33-16-10-17-35-34-15-8-9-18-36(34)39(37(33)35)32-13-6-3-7-14-32/h2-26H,1H3. The first-order valence-electron chi connectivity index (χ1n) is 13.4. The molecule has 0 N–H and O–H groups in total. The summed E-state index contributed by atoms with van der Waals surface area (Å²) in [6, 6.07) is 54.2. The summed E-state index contributed by atoms with van der Waals surface area (Å²) in [7, 11) is 2.11. The molecule has 186 valence electrons. The lowest BCUT2D eigenvalue weighted by Crippen LogP contribution is -2.08. The molecule has 0 amide bonds. The van der Waals surface area contributed by atoms with Crippen molar-refractivity contribution in [2.45, 2.75) is 0 Å². The molecule has 7 rings (SSSR count). The number of nitrogens with zero attached hydrogens (tertiary/aromatic N) is 2. The fourth-order valence-corrected chi connectivity index (χ4v) is 5.62. The molecule has 1 aromatic heterocycles. The number of benzene rings is 6. The molecule has 0 aliphatic carbocycles. The lowest BCUT2D eigenvalue weighted by molar-refractivity contribution is 1.18. The van der Waals surface area contributed by atoms with Gasteiger partial charge in [0.1, 0.15) is 0 Å². The summed E-state index contributed by atoms with van der Waals surface area (Å²) in [6.45, 7) is 0. The van der Waals surface area contributed by atoms with Gasteiger partial charge in [-0.05, 0) is 59.2 Å². The molecule has 0 aliphatic heterocycles. The van der Waals surface area contributed by atoms with Crippen molar-refractivity contribution < 1.29 is 0 Å². The van der Waals surface area contributed by atoms with Crippen LogP contribution in [0.4, 0.5) is 11.4 Å². The number of hydrogen-bond acceptors (Lipinski definition) is 1. The van der Waals surface area contributed by atoms with E-state index < -0.39 is 0 Å². The lowest BCUT2D eigenvalue weighted by atomic mass is 9.98. The number of fused-ring (bicyclic) bond motifs is 3. The van der Waals surface area contributed by atoms with E-state index in [-0.39, 0.29) is 0 Å². The summed E-state index contributed by atoms with van der Waals surface area (Å²) < 4.78 is 2.40. The van der Waals surface area contributed by atoms with Gasteiger partial charge in [-0.3, -0.25) is 0 Å². The van der Waals surface area contributed by atoms with Crippen molar-refractivity contribution in [3.05, 3.63) is 152 Å². The molecule has 0 unspecified atom stereocenters. The molecule has 0 aliphatic rings.